The van der Waals surface area contributed by atoms with Crippen LogP contribution in [0.2, 0.25) is 0 Å². The summed E-state index contributed by atoms with van der Waals surface area (Å²) in [7, 11) is 0. The zero-order valence-corrected chi connectivity index (χ0v) is 22.7. The standard InChI is InChI=1S/C31H40N6O/c1-22(2)36-11-3-4-26(20-36)24-5-7-25(8-6-24)28-18-30-29(9-10-33-37(30)21-28)34-12-14-35(15-13-34)31(38)27-16-23(17-27)19-32/h5-10,18-19,21-23,26-27,32H,3-4,11-17,20H2,1-2H3/t23?,26-,27?/m1/s1. The van der Waals surface area contributed by atoms with Crippen LogP contribution in [0.5, 0.6) is 0 Å². The number of benzene rings is 1. The van der Waals surface area contributed by atoms with Gasteiger partial charge in [-0.15, -0.1) is 0 Å². The van der Waals surface area contributed by atoms with Crippen LogP contribution < -0.4 is 4.90 Å². The van der Waals surface area contributed by atoms with Gasteiger partial charge in [-0.1, -0.05) is 24.3 Å². The molecule has 2 aliphatic heterocycles. The van der Waals surface area contributed by atoms with E-state index in [1.165, 1.54) is 48.0 Å². The summed E-state index contributed by atoms with van der Waals surface area (Å²) in [6, 6.07) is 14.1. The van der Waals surface area contributed by atoms with E-state index in [-0.39, 0.29) is 11.8 Å². The van der Waals surface area contributed by atoms with Gasteiger partial charge in [0.1, 0.15) is 0 Å². The van der Waals surface area contributed by atoms with Gasteiger partial charge in [0.25, 0.3) is 0 Å². The van der Waals surface area contributed by atoms with Crippen molar-refractivity contribution in [3.63, 3.8) is 0 Å². The van der Waals surface area contributed by atoms with Crippen molar-refractivity contribution in [1.82, 2.24) is 19.4 Å². The minimum Gasteiger partial charge on any atom is -0.366 e. The number of anilines is 1. The highest BCUT2D eigenvalue weighted by molar-refractivity contribution is 5.83. The maximum Gasteiger partial charge on any atom is 0.225 e. The molecule has 1 aromatic carbocycles. The quantitative estimate of drug-likeness (QED) is 0.477. The van der Waals surface area contributed by atoms with Crippen molar-refractivity contribution < 1.29 is 4.79 Å². The van der Waals surface area contributed by atoms with Crippen LogP contribution in [-0.4, -0.2) is 76.8 Å². The van der Waals surface area contributed by atoms with E-state index in [4.69, 9.17) is 5.41 Å². The predicted octanol–water partition coefficient (Wildman–Crippen LogP) is 4.91. The Labute approximate surface area is 225 Å². The molecule has 3 aromatic rings. The van der Waals surface area contributed by atoms with Crippen LogP contribution in [-0.2, 0) is 4.79 Å². The summed E-state index contributed by atoms with van der Waals surface area (Å²) >= 11 is 0. The number of piperazine rings is 1. The van der Waals surface area contributed by atoms with Crippen LogP contribution in [0.3, 0.4) is 0 Å². The SMILES string of the molecule is CC(C)N1CCC[C@@H](c2ccc(-c3cc4c(N5CCN(C(=O)C6CC(C=N)C6)CC5)ccnn4c3)cc2)C1. The smallest absolute Gasteiger partial charge is 0.225 e. The summed E-state index contributed by atoms with van der Waals surface area (Å²) in [5.41, 5.74) is 6.14. The fourth-order valence-electron chi connectivity index (χ4n) is 6.55. The highest BCUT2D eigenvalue weighted by Crippen LogP contribution is 2.35. The Morgan fingerprint density at radius 2 is 1.79 bits per heavy atom. The summed E-state index contributed by atoms with van der Waals surface area (Å²) in [4.78, 5) is 19.9. The molecule has 0 bridgehead atoms. The predicted molar refractivity (Wildman–Crippen MR) is 153 cm³/mol. The van der Waals surface area contributed by atoms with Gasteiger partial charge in [-0.2, -0.15) is 5.10 Å². The highest BCUT2D eigenvalue weighted by atomic mass is 16.2. The number of piperidine rings is 1. The number of aromatic nitrogens is 2. The first-order valence-electron chi connectivity index (χ1n) is 14.4. The molecule has 200 valence electrons. The molecule has 2 aromatic heterocycles. The van der Waals surface area contributed by atoms with Crippen molar-refractivity contribution in [2.75, 3.05) is 44.2 Å². The Balaban J connectivity index is 1.14. The van der Waals surface area contributed by atoms with E-state index in [9.17, 15) is 4.79 Å². The number of carbonyl (C=O) groups is 1. The molecule has 7 nitrogen and oxygen atoms in total. The van der Waals surface area contributed by atoms with Gasteiger partial charge in [-0.05, 0) is 87.4 Å². The van der Waals surface area contributed by atoms with Crippen LogP contribution >= 0.6 is 0 Å². The van der Waals surface area contributed by atoms with Gasteiger partial charge < -0.3 is 20.1 Å². The number of hydrogen-bond acceptors (Lipinski definition) is 5. The third-order valence-electron chi connectivity index (χ3n) is 9.08. The zero-order chi connectivity index (χ0) is 26.2. The Hall–Kier alpha value is -3.19. The molecule has 1 saturated carbocycles. The second-order valence-electron chi connectivity index (χ2n) is 11.7. The summed E-state index contributed by atoms with van der Waals surface area (Å²) in [6.07, 6.45) is 9.74. The van der Waals surface area contributed by atoms with Crippen LogP contribution in [0.15, 0.2) is 48.8 Å². The number of fused-ring (bicyclic) bond motifs is 1. The fraction of sp³-hybridized carbons (Fsp3) is 0.516. The van der Waals surface area contributed by atoms with Crippen LogP contribution in [0.1, 0.15) is 51.0 Å². The first-order chi connectivity index (χ1) is 18.5. The molecule has 7 heteroatoms. The van der Waals surface area contributed by atoms with Gasteiger partial charge in [0.2, 0.25) is 5.91 Å². The average molecular weight is 513 g/mol. The summed E-state index contributed by atoms with van der Waals surface area (Å²) in [5, 5.41) is 12.0. The fourth-order valence-corrected chi connectivity index (χ4v) is 6.55. The molecule has 1 aliphatic carbocycles. The van der Waals surface area contributed by atoms with Gasteiger partial charge in [0, 0.05) is 62.6 Å². The Morgan fingerprint density at radius 1 is 1.03 bits per heavy atom. The van der Waals surface area contributed by atoms with Gasteiger partial charge in [-0.3, -0.25) is 4.79 Å². The lowest BCUT2D eigenvalue weighted by Crippen LogP contribution is -2.52. The summed E-state index contributed by atoms with van der Waals surface area (Å²) in [6.45, 7) is 10.1. The molecule has 3 fully saturated rings. The van der Waals surface area contributed by atoms with Crippen LogP contribution in [0, 0.1) is 17.2 Å². The minimum absolute atomic E-state index is 0.118. The molecular formula is C31H40N6O. The first kappa shape index (κ1) is 25.1. The zero-order valence-electron chi connectivity index (χ0n) is 22.7. The highest BCUT2D eigenvalue weighted by Gasteiger charge is 2.36. The lowest BCUT2D eigenvalue weighted by Gasteiger charge is -2.40. The van der Waals surface area contributed by atoms with Gasteiger partial charge in [0.15, 0.2) is 0 Å². The maximum absolute atomic E-state index is 12.8. The number of nitrogens with zero attached hydrogens (tertiary/aromatic N) is 5. The molecule has 0 unspecified atom stereocenters. The lowest BCUT2D eigenvalue weighted by molar-refractivity contribution is -0.139. The van der Waals surface area contributed by atoms with Gasteiger partial charge >= 0.3 is 0 Å². The molecule has 1 N–H and O–H groups in total. The number of nitrogens with one attached hydrogen (secondary N) is 1. The van der Waals surface area contributed by atoms with Crippen molar-refractivity contribution in [3.8, 4) is 11.1 Å². The van der Waals surface area contributed by atoms with E-state index < -0.39 is 0 Å². The maximum atomic E-state index is 12.8. The molecule has 1 amide bonds. The lowest BCUT2D eigenvalue weighted by atomic mass is 9.75. The van der Waals surface area contributed by atoms with Crippen molar-refractivity contribution in [2.24, 2.45) is 11.8 Å². The van der Waals surface area contributed by atoms with E-state index in [1.807, 2.05) is 15.6 Å². The molecule has 4 heterocycles. The van der Waals surface area contributed by atoms with Gasteiger partial charge in [-0.25, -0.2) is 4.52 Å². The third-order valence-corrected chi connectivity index (χ3v) is 9.08. The molecular weight excluding hydrogens is 472 g/mol. The normalized spacial score (nSPS) is 24.6. The molecule has 38 heavy (non-hydrogen) atoms. The number of rotatable bonds is 6. The van der Waals surface area contributed by atoms with Gasteiger partial charge in [0.05, 0.1) is 11.2 Å². The van der Waals surface area contributed by atoms with Crippen molar-refractivity contribution in [1.29, 1.82) is 5.41 Å². The molecule has 3 aliphatic rings. The largest absolute Gasteiger partial charge is 0.366 e. The first-order valence-corrected chi connectivity index (χ1v) is 14.4. The topological polar surface area (TPSA) is 67.9 Å². The summed E-state index contributed by atoms with van der Waals surface area (Å²) < 4.78 is 1.99. The number of hydrogen-bond donors (Lipinski definition) is 1. The van der Waals surface area contributed by atoms with E-state index >= 15 is 0 Å². The molecule has 6 rings (SSSR count). The second kappa shape index (κ2) is 10.5. The average Bonchev–Trinajstić information content (AvgIpc) is 3.37. The van der Waals surface area contributed by atoms with E-state index in [2.05, 4.69) is 71.3 Å². The Kier molecular flexibility index (Phi) is 6.95. The second-order valence-corrected chi connectivity index (χ2v) is 11.7. The van der Waals surface area contributed by atoms with E-state index in [0.717, 1.165) is 51.1 Å². The number of carbonyl (C=O) groups excluding carboxylic acids is 1. The third kappa shape index (κ3) is 4.84. The molecule has 2 saturated heterocycles. The monoisotopic (exact) mass is 512 g/mol. The van der Waals surface area contributed by atoms with Crippen molar-refractivity contribution in [2.45, 2.75) is 51.5 Å². The molecule has 1 atom stereocenters. The van der Waals surface area contributed by atoms with Crippen molar-refractivity contribution in [3.05, 3.63) is 54.4 Å². The molecule has 0 radical (unpaired) electrons. The van der Waals surface area contributed by atoms with E-state index in [0.29, 0.717) is 17.9 Å². The van der Waals surface area contributed by atoms with Crippen LogP contribution in [0.25, 0.3) is 16.6 Å². The number of likely N-dealkylation sites (tertiary alicyclic amines) is 1. The summed E-state index contributed by atoms with van der Waals surface area (Å²) in [5.74, 6) is 1.32. The molecule has 0 spiro atoms. The Bertz CT molecular complexity index is 1280. The van der Waals surface area contributed by atoms with E-state index in [1.54, 1.807) is 0 Å². The minimum atomic E-state index is 0.118. The van der Waals surface area contributed by atoms with Crippen molar-refractivity contribution >= 4 is 23.3 Å². The van der Waals surface area contributed by atoms with Crippen LogP contribution in [0.4, 0.5) is 5.69 Å². The number of amides is 1. The Morgan fingerprint density at radius 3 is 2.50 bits per heavy atom.